The van der Waals surface area contributed by atoms with Gasteiger partial charge in [0.25, 0.3) is 5.91 Å². The van der Waals surface area contributed by atoms with Gasteiger partial charge in [-0.05, 0) is 30.7 Å². The Bertz CT molecular complexity index is 1050. The molecule has 0 aromatic heterocycles. The van der Waals surface area contributed by atoms with Crippen LogP contribution in [0.1, 0.15) is 12.0 Å². The molecule has 0 spiro atoms. The first kappa shape index (κ1) is 20.4. The largest absolute Gasteiger partial charge is 0.447 e. The third-order valence-electron chi connectivity index (χ3n) is 5.32. The molecule has 0 radical (unpaired) electrons. The van der Waals surface area contributed by atoms with Crippen molar-refractivity contribution in [2.75, 3.05) is 35.2 Å². The normalized spacial score (nSPS) is 17.6. The van der Waals surface area contributed by atoms with Gasteiger partial charge in [0.1, 0.15) is 12.6 Å². The van der Waals surface area contributed by atoms with E-state index in [4.69, 9.17) is 4.74 Å². The molecular formula is C22H22N4O5. The summed E-state index contributed by atoms with van der Waals surface area (Å²) in [7, 11) is 0. The Morgan fingerprint density at radius 3 is 2.61 bits per heavy atom. The number of benzene rings is 2. The van der Waals surface area contributed by atoms with Gasteiger partial charge in [-0.3, -0.25) is 14.4 Å². The second kappa shape index (κ2) is 8.47. The lowest BCUT2D eigenvalue weighted by molar-refractivity contribution is -0.127. The van der Waals surface area contributed by atoms with Gasteiger partial charge in [-0.2, -0.15) is 0 Å². The van der Waals surface area contributed by atoms with Crippen LogP contribution in [-0.4, -0.2) is 54.5 Å². The molecule has 1 saturated heterocycles. The Kier molecular flexibility index (Phi) is 5.57. The molecule has 2 aromatic carbocycles. The molecule has 0 unspecified atom stereocenters. The van der Waals surface area contributed by atoms with Crippen LogP contribution < -0.4 is 15.5 Å². The van der Waals surface area contributed by atoms with Crippen LogP contribution in [0.15, 0.2) is 48.5 Å². The maximum atomic E-state index is 12.8. The Hall–Kier alpha value is -3.88. The van der Waals surface area contributed by atoms with Crippen molar-refractivity contribution in [3.8, 4) is 0 Å². The quantitative estimate of drug-likeness (QED) is 0.764. The summed E-state index contributed by atoms with van der Waals surface area (Å²) in [5.74, 6) is -1.24. The van der Waals surface area contributed by atoms with E-state index >= 15 is 0 Å². The molecule has 0 aliphatic carbocycles. The van der Waals surface area contributed by atoms with Crippen molar-refractivity contribution in [1.29, 1.82) is 0 Å². The summed E-state index contributed by atoms with van der Waals surface area (Å²) in [6.07, 6.45) is -0.861. The van der Waals surface area contributed by atoms with E-state index in [1.165, 1.54) is 0 Å². The fourth-order valence-electron chi connectivity index (χ4n) is 3.69. The number of para-hydroxylation sites is 3. The zero-order valence-electron chi connectivity index (χ0n) is 17.0. The number of nitrogens with one attached hydrogen (secondary N) is 2. The molecule has 2 aliphatic heterocycles. The smallest absolute Gasteiger partial charge is 0.416 e. The highest BCUT2D eigenvalue weighted by atomic mass is 16.6. The maximum Gasteiger partial charge on any atom is 0.416 e. The summed E-state index contributed by atoms with van der Waals surface area (Å²) in [5, 5.41) is 5.62. The average Bonchev–Trinajstić information content (AvgIpc) is 3.18. The minimum Gasteiger partial charge on any atom is -0.447 e. The SMILES string of the molecule is Cc1ccccc1NC(=O)C[C@H]1C(=O)Nc2ccccc2N1CC(=O)N1CCOC1=O. The molecule has 9 heteroatoms. The van der Waals surface area contributed by atoms with Crippen LogP contribution in [0, 0.1) is 6.92 Å². The van der Waals surface area contributed by atoms with Crippen molar-refractivity contribution >= 4 is 40.9 Å². The fraction of sp³-hybridized carbons (Fsp3) is 0.273. The van der Waals surface area contributed by atoms with E-state index in [-0.39, 0.29) is 32.0 Å². The molecule has 9 nitrogen and oxygen atoms in total. The molecular weight excluding hydrogens is 400 g/mol. The van der Waals surface area contributed by atoms with Crippen molar-refractivity contribution in [1.82, 2.24) is 4.90 Å². The van der Waals surface area contributed by atoms with E-state index in [9.17, 15) is 19.2 Å². The molecule has 4 rings (SSSR count). The molecule has 2 heterocycles. The van der Waals surface area contributed by atoms with E-state index in [1.54, 1.807) is 35.2 Å². The number of ether oxygens (including phenoxy) is 1. The molecule has 2 aromatic rings. The molecule has 31 heavy (non-hydrogen) atoms. The fourth-order valence-corrected chi connectivity index (χ4v) is 3.69. The van der Waals surface area contributed by atoms with Gasteiger partial charge >= 0.3 is 6.09 Å². The van der Waals surface area contributed by atoms with Gasteiger partial charge in [0, 0.05) is 5.69 Å². The third-order valence-corrected chi connectivity index (χ3v) is 5.32. The minimum atomic E-state index is -0.915. The number of anilines is 3. The number of rotatable bonds is 5. The first-order valence-corrected chi connectivity index (χ1v) is 9.93. The van der Waals surface area contributed by atoms with Crippen molar-refractivity contribution < 1.29 is 23.9 Å². The highest BCUT2D eigenvalue weighted by molar-refractivity contribution is 6.08. The highest BCUT2D eigenvalue weighted by Gasteiger charge is 2.38. The van der Waals surface area contributed by atoms with E-state index in [0.29, 0.717) is 17.1 Å². The highest BCUT2D eigenvalue weighted by Crippen LogP contribution is 2.33. The lowest BCUT2D eigenvalue weighted by Crippen LogP contribution is -2.53. The zero-order chi connectivity index (χ0) is 22.0. The first-order chi connectivity index (χ1) is 14.9. The van der Waals surface area contributed by atoms with Crippen LogP contribution in [0.5, 0.6) is 0 Å². The average molecular weight is 422 g/mol. The van der Waals surface area contributed by atoms with E-state index in [2.05, 4.69) is 10.6 Å². The molecule has 0 saturated carbocycles. The summed E-state index contributed by atoms with van der Waals surface area (Å²) >= 11 is 0. The number of aryl methyl sites for hydroxylation is 1. The number of cyclic esters (lactones) is 1. The molecule has 0 bridgehead atoms. The number of nitrogens with zero attached hydrogens (tertiary/aromatic N) is 2. The predicted octanol–water partition coefficient (Wildman–Crippen LogP) is 2.13. The van der Waals surface area contributed by atoms with Crippen LogP contribution >= 0.6 is 0 Å². The summed E-state index contributed by atoms with van der Waals surface area (Å²) in [6.45, 7) is 1.95. The second-order valence-electron chi connectivity index (χ2n) is 7.38. The molecule has 2 aliphatic rings. The second-order valence-corrected chi connectivity index (χ2v) is 7.38. The van der Waals surface area contributed by atoms with Crippen LogP contribution in [0.3, 0.4) is 0 Å². The Balaban J connectivity index is 1.57. The van der Waals surface area contributed by atoms with Crippen LogP contribution in [0.25, 0.3) is 0 Å². The van der Waals surface area contributed by atoms with E-state index < -0.39 is 23.9 Å². The molecule has 2 N–H and O–H groups in total. The summed E-state index contributed by atoms with van der Waals surface area (Å²) in [4.78, 5) is 52.7. The van der Waals surface area contributed by atoms with Gasteiger partial charge in [-0.15, -0.1) is 0 Å². The molecule has 160 valence electrons. The number of amides is 4. The summed E-state index contributed by atoms with van der Waals surface area (Å²) < 4.78 is 4.84. The maximum absolute atomic E-state index is 12.8. The van der Waals surface area contributed by atoms with Crippen molar-refractivity contribution in [3.63, 3.8) is 0 Å². The van der Waals surface area contributed by atoms with Gasteiger partial charge in [0.15, 0.2) is 0 Å². The molecule has 4 amide bonds. The third kappa shape index (κ3) is 4.20. The Morgan fingerprint density at radius 1 is 1.13 bits per heavy atom. The Labute approximate surface area is 179 Å². The number of hydrogen-bond acceptors (Lipinski definition) is 6. The number of fused-ring (bicyclic) bond motifs is 1. The van der Waals surface area contributed by atoms with Gasteiger partial charge in [0.05, 0.1) is 30.9 Å². The molecule has 1 atom stereocenters. The van der Waals surface area contributed by atoms with Gasteiger partial charge in [-0.1, -0.05) is 30.3 Å². The molecule has 1 fully saturated rings. The lowest BCUT2D eigenvalue weighted by Gasteiger charge is -2.37. The summed E-state index contributed by atoms with van der Waals surface area (Å²) in [5.41, 5.74) is 2.71. The number of hydrogen-bond donors (Lipinski definition) is 2. The Morgan fingerprint density at radius 2 is 1.87 bits per heavy atom. The number of carbonyl (C=O) groups excluding carboxylic acids is 4. The van der Waals surface area contributed by atoms with Gasteiger partial charge in [-0.25, -0.2) is 9.69 Å². The lowest BCUT2D eigenvalue weighted by atomic mass is 10.0. The van der Waals surface area contributed by atoms with Crippen molar-refractivity contribution in [2.24, 2.45) is 0 Å². The van der Waals surface area contributed by atoms with E-state index in [0.717, 1.165) is 10.5 Å². The van der Waals surface area contributed by atoms with Crippen LogP contribution in [-0.2, 0) is 19.1 Å². The monoisotopic (exact) mass is 422 g/mol. The van der Waals surface area contributed by atoms with Gasteiger partial charge in [0.2, 0.25) is 11.8 Å². The zero-order valence-corrected chi connectivity index (χ0v) is 17.0. The van der Waals surface area contributed by atoms with Crippen molar-refractivity contribution in [2.45, 2.75) is 19.4 Å². The van der Waals surface area contributed by atoms with Gasteiger partial charge < -0.3 is 20.3 Å². The predicted molar refractivity (Wildman–Crippen MR) is 114 cm³/mol. The summed E-state index contributed by atoms with van der Waals surface area (Å²) in [6, 6.07) is 13.4. The first-order valence-electron chi connectivity index (χ1n) is 9.93. The topological polar surface area (TPSA) is 108 Å². The number of imide groups is 1. The van der Waals surface area contributed by atoms with Crippen molar-refractivity contribution in [3.05, 3.63) is 54.1 Å². The van der Waals surface area contributed by atoms with Crippen LogP contribution in [0.2, 0.25) is 0 Å². The minimum absolute atomic E-state index is 0.143. The van der Waals surface area contributed by atoms with E-state index in [1.807, 2.05) is 25.1 Å². The number of carbonyl (C=O) groups is 4. The standard InChI is InChI=1S/C22H22N4O5/c1-14-6-2-3-7-15(14)23-19(27)12-18-21(29)24-16-8-4-5-9-17(16)26(18)13-20(28)25-10-11-31-22(25)30/h2-9,18H,10-13H2,1H3,(H,23,27)(H,24,29)/t18-/m0/s1. The van der Waals surface area contributed by atoms with Crippen LogP contribution in [0.4, 0.5) is 21.9 Å².